The average Bonchev–Trinajstić information content (AvgIpc) is 2.02. The number of ether oxygens (including phenoxy) is 1. The van der Waals surface area contributed by atoms with E-state index in [-0.39, 0.29) is 12.2 Å². The van der Waals surface area contributed by atoms with Gasteiger partial charge in [-0.1, -0.05) is 13.8 Å². The second-order valence-corrected chi connectivity index (χ2v) is 3.18. The van der Waals surface area contributed by atoms with Crippen molar-refractivity contribution in [2.24, 2.45) is 0 Å². The van der Waals surface area contributed by atoms with Gasteiger partial charge in [-0.25, -0.2) is 4.79 Å². The fourth-order valence-electron chi connectivity index (χ4n) is 1.08. The lowest BCUT2D eigenvalue weighted by atomic mass is 10.4. The summed E-state index contributed by atoms with van der Waals surface area (Å²) in [6, 6.07) is 0. The maximum absolute atomic E-state index is 11.4. The van der Waals surface area contributed by atoms with Crippen LogP contribution in [0.4, 0.5) is 4.79 Å². The van der Waals surface area contributed by atoms with Gasteiger partial charge in [-0.3, -0.25) is 0 Å². The van der Waals surface area contributed by atoms with E-state index in [9.17, 15) is 4.79 Å². The third-order valence-electron chi connectivity index (χ3n) is 1.55. The van der Waals surface area contributed by atoms with Crippen LogP contribution in [0.2, 0.25) is 0 Å². The molecule has 13 heavy (non-hydrogen) atoms. The zero-order valence-corrected chi connectivity index (χ0v) is 8.88. The zero-order chi connectivity index (χ0) is 10.3. The molecule has 0 N–H and O–H groups in total. The van der Waals surface area contributed by atoms with Gasteiger partial charge in [-0.05, 0) is 26.7 Å². The number of rotatable bonds is 5. The fraction of sp³-hybridized carbons (Fsp3) is 0.800. The number of nitrogens with zero attached hydrogens (tertiary/aromatic N) is 1. The Balaban J connectivity index is 3.95. The van der Waals surface area contributed by atoms with E-state index in [0.717, 1.165) is 25.9 Å². The van der Waals surface area contributed by atoms with Crippen LogP contribution in [0.5, 0.6) is 0 Å². The van der Waals surface area contributed by atoms with Crippen LogP contribution < -0.4 is 0 Å². The van der Waals surface area contributed by atoms with Gasteiger partial charge in [0.25, 0.3) is 0 Å². The summed E-state index contributed by atoms with van der Waals surface area (Å²) in [5.41, 5.74) is 0. The van der Waals surface area contributed by atoms with Crippen molar-refractivity contribution >= 4 is 6.09 Å². The molecule has 0 rings (SSSR count). The van der Waals surface area contributed by atoms with Gasteiger partial charge < -0.3 is 9.64 Å². The van der Waals surface area contributed by atoms with Gasteiger partial charge >= 0.3 is 6.09 Å². The van der Waals surface area contributed by atoms with Crippen LogP contribution in [-0.4, -0.2) is 30.2 Å². The molecule has 77 valence electrons. The first-order chi connectivity index (χ1) is 6.11. The highest BCUT2D eigenvalue weighted by molar-refractivity contribution is 5.67. The highest BCUT2D eigenvalue weighted by Gasteiger charge is 2.13. The van der Waals surface area contributed by atoms with E-state index < -0.39 is 0 Å². The zero-order valence-electron chi connectivity index (χ0n) is 8.88. The molecule has 0 aliphatic carbocycles. The molecule has 0 spiro atoms. The van der Waals surface area contributed by atoms with Crippen LogP contribution in [0, 0.1) is 6.92 Å². The Morgan fingerprint density at radius 1 is 1.38 bits per heavy atom. The summed E-state index contributed by atoms with van der Waals surface area (Å²) in [6.07, 6.45) is 1.40. The maximum atomic E-state index is 11.4. The Morgan fingerprint density at radius 2 is 1.85 bits per heavy atom. The molecule has 1 atom stereocenters. The predicted molar refractivity (Wildman–Crippen MR) is 53.5 cm³/mol. The lowest BCUT2D eigenvalue weighted by molar-refractivity contribution is 0.0852. The molecule has 3 nitrogen and oxygen atoms in total. The van der Waals surface area contributed by atoms with Crippen LogP contribution >= 0.6 is 0 Å². The van der Waals surface area contributed by atoms with E-state index in [2.05, 4.69) is 6.92 Å². The molecule has 0 aromatic heterocycles. The van der Waals surface area contributed by atoms with Crippen molar-refractivity contribution < 1.29 is 9.53 Å². The molecule has 0 aromatic carbocycles. The lowest BCUT2D eigenvalue weighted by Gasteiger charge is -2.21. The Hall–Kier alpha value is -0.730. The number of carbonyl (C=O) groups is 1. The van der Waals surface area contributed by atoms with E-state index in [1.165, 1.54) is 0 Å². The Morgan fingerprint density at radius 3 is 2.15 bits per heavy atom. The minimum Gasteiger partial charge on any atom is -0.446 e. The first kappa shape index (κ1) is 12.3. The second-order valence-electron chi connectivity index (χ2n) is 3.18. The predicted octanol–water partition coefficient (Wildman–Crippen LogP) is 2.47. The van der Waals surface area contributed by atoms with Crippen molar-refractivity contribution in [2.45, 2.75) is 39.7 Å². The number of hydrogen-bond acceptors (Lipinski definition) is 2. The fourth-order valence-corrected chi connectivity index (χ4v) is 1.08. The Labute approximate surface area is 81.1 Å². The molecule has 0 aliphatic heterocycles. The van der Waals surface area contributed by atoms with Crippen LogP contribution in [-0.2, 0) is 4.74 Å². The molecular formula is C10H20NO2. The van der Waals surface area contributed by atoms with Gasteiger partial charge in [0.15, 0.2) is 0 Å². The SMILES string of the molecule is [CH2]C(C)OC(=O)N(CCC)CCC. The first-order valence-corrected chi connectivity index (χ1v) is 4.90. The number of hydrogen-bond donors (Lipinski definition) is 0. The van der Waals surface area contributed by atoms with Crippen molar-refractivity contribution in [3.8, 4) is 0 Å². The van der Waals surface area contributed by atoms with Gasteiger partial charge in [-0.15, -0.1) is 0 Å². The maximum Gasteiger partial charge on any atom is 0.410 e. The smallest absolute Gasteiger partial charge is 0.410 e. The summed E-state index contributed by atoms with van der Waals surface area (Å²) in [6.45, 7) is 11.0. The van der Waals surface area contributed by atoms with Crippen LogP contribution in [0.15, 0.2) is 0 Å². The van der Waals surface area contributed by atoms with E-state index in [1.807, 2.05) is 13.8 Å². The molecule has 1 radical (unpaired) electrons. The monoisotopic (exact) mass is 186 g/mol. The van der Waals surface area contributed by atoms with Gasteiger partial charge in [0.05, 0.1) is 0 Å². The summed E-state index contributed by atoms with van der Waals surface area (Å²) >= 11 is 0. The summed E-state index contributed by atoms with van der Waals surface area (Å²) in [5.74, 6) is 0. The van der Waals surface area contributed by atoms with Crippen molar-refractivity contribution in [3.05, 3.63) is 6.92 Å². The molecule has 0 aliphatic rings. The quantitative estimate of drug-likeness (QED) is 0.660. The Kier molecular flexibility index (Phi) is 6.37. The summed E-state index contributed by atoms with van der Waals surface area (Å²) in [4.78, 5) is 13.1. The molecule has 0 heterocycles. The van der Waals surface area contributed by atoms with E-state index in [0.29, 0.717) is 0 Å². The minimum absolute atomic E-state index is 0.244. The first-order valence-electron chi connectivity index (χ1n) is 4.90. The lowest BCUT2D eigenvalue weighted by Crippen LogP contribution is -2.34. The molecule has 1 unspecified atom stereocenters. The highest BCUT2D eigenvalue weighted by Crippen LogP contribution is 2.00. The topological polar surface area (TPSA) is 29.5 Å². The average molecular weight is 186 g/mol. The molecule has 0 aromatic rings. The van der Waals surface area contributed by atoms with Gasteiger partial charge in [0, 0.05) is 13.1 Å². The molecule has 0 fully saturated rings. The van der Waals surface area contributed by atoms with E-state index in [4.69, 9.17) is 4.74 Å². The van der Waals surface area contributed by atoms with Crippen LogP contribution in [0.1, 0.15) is 33.6 Å². The largest absolute Gasteiger partial charge is 0.446 e. The highest BCUT2D eigenvalue weighted by atomic mass is 16.6. The summed E-state index contributed by atoms with van der Waals surface area (Å²) in [7, 11) is 0. The van der Waals surface area contributed by atoms with Crippen LogP contribution in [0.25, 0.3) is 0 Å². The molecular weight excluding hydrogens is 166 g/mol. The van der Waals surface area contributed by atoms with E-state index in [1.54, 1.807) is 11.8 Å². The second kappa shape index (κ2) is 6.75. The standard InChI is InChI=1S/C10H20NO2/c1-5-7-11(8-6-2)10(12)13-9(3)4/h9H,3,5-8H2,1-2,4H3. The third-order valence-corrected chi connectivity index (χ3v) is 1.55. The molecule has 0 bridgehead atoms. The van der Waals surface area contributed by atoms with Gasteiger partial charge in [0.1, 0.15) is 6.10 Å². The van der Waals surface area contributed by atoms with Gasteiger partial charge in [-0.2, -0.15) is 0 Å². The number of carbonyl (C=O) groups excluding carboxylic acids is 1. The van der Waals surface area contributed by atoms with Crippen molar-refractivity contribution in [1.29, 1.82) is 0 Å². The van der Waals surface area contributed by atoms with Crippen molar-refractivity contribution in [1.82, 2.24) is 4.90 Å². The minimum atomic E-state index is -0.274. The summed E-state index contributed by atoms with van der Waals surface area (Å²) < 4.78 is 4.99. The molecule has 1 amide bonds. The normalized spacial score (nSPS) is 10.2. The van der Waals surface area contributed by atoms with Crippen LogP contribution in [0.3, 0.4) is 0 Å². The van der Waals surface area contributed by atoms with E-state index >= 15 is 0 Å². The van der Waals surface area contributed by atoms with Crippen molar-refractivity contribution in [3.63, 3.8) is 0 Å². The third kappa shape index (κ3) is 5.50. The Bertz CT molecular complexity index is 140. The number of amides is 1. The summed E-state index contributed by atoms with van der Waals surface area (Å²) in [5, 5.41) is 0. The van der Waals surface area contributed by atoms with Crippen molar-refractivity contribution in [2.75, 3.05) is 13.1 Å². The van der Waals surface area contributed by atoms with Gasteiger partial charge in [0.2, 0.25) is 0 Å². The molecule has 0 saturated carbocycles. The molecule has 3 heteroatoms. The molecule has 0 saturated heterocycles.